The fourth-order valence-corrected chi connectivity index (χ4v) is 5.84. The first-order chi connectivity index (χ1) is 31.7. The highest BCUT2D eigenvalue weighted by atomic mass is 35.5. The number of fused-ring (bicyclic) bond motifs is 2. The van der Waals surface area contributed by atoms with E-state index >= 15 is 0 Å². The molecule has 1 aliphatic heterocycles. The van der Waals surface area contributed by atoms with Crippen LogP contribution >= 0.6 is 11.6 Å². The van der Waals surface area contributed by atoms with Crippen molar-refractivity contribution in [3.05, 3.63) is 96.7 Å². The predicted octanol–water partition coefficient (Wildman–Crippen LogP) is 7.40. The molecule has 22 heteroatoms. The number of aryl methyl sites for hydroxylation is 1. The number of benzene rings is 2. The van der Waals surface area contributed by atoms with Gasteiger partial charge in [0.25, 0.3) is 0 Å². The van der Waals surface area contributed by atoms with E-state index in [1.165, 1.54) is 15.6 Å². The molecule has 1 aliphatic rings. The van der Waals surface area contributed by atoms with Gasteiger partial charge in [0.05, 0.1) is 48.1 Å². The monoisotopic (exact) mass is 939 g/mol. The Morgan fingerprint density at radius 3 is 1.85 bits per heavy atom. The number of hydrogen-bond acceptors (Lipinski definition) is 19. The van der Waals surface area contributed by atoms with Crippen LogP contribution in [0.1, 0.15) is 53.8 Å². The third-order valence-corrected chi connectivity index (χ3v) is 8.80. The quantitative estimate of drug-likeness (QED) is 0.108. The van der Waals surface area contributed by atoms with Crippen molar-refractivity contribution < 1.29 is 28.5 Å². The summed E-state index contributed by atoms with van der Waals surface area (Å²) in [5.41, 5.74) is 13.1. The highest BCUT2D eigenvalue weighted by Crippen LogP contribution is 2.25. The summed E-state index contributed by atoms with van der Waals surface area (Å²) in [4.78, 5) is 43.2. The Balaban J connectivity index is 0.000000199. The second-order valence-corrected chi connectivity index (χ2v) is 17.5. The number of nitrogens with two attached hydrogens (primary N) is 2. The number of nitrogens with one attached hydrogen (secondary N) is 2. The lowest BCUT2D eigenvalue weighted by atomic mass is 10.2. The summed E-state index contributed by atoms with van der Waals surface area (Å²) in [6.45, 7) is 15.7. The molecule has 67 heavy (non-hydrogen) atoms. The highest BCUT2D eigenvalue weighted by molar-refractivity contribution is 6.28. The SMILES string of the molecule is CC(C)(C)OC(=O)n1ncc2cc(Nc3ccnc(Cl)n3)ccc21.Cc1nc(Nc2ccc3c(cnn3C(=O)OC(C)(C)C)c2)cc(OCCN(C)C)n1.NC1CCOC1.Nc1ccnnc1. The first-order valence-electron chi connectivity index (χ1n) is 21.1. The molecule has 0 aliphatic carbocycles. The molecule has 1 saturated heterocycles. The fourth-order valence-electron chi connectivity index (χ4n) is 5.69. The molecule has 0 saturated carbocycles. The molecule has 0 bridgehead atoms. The molecule has 1 fully saturated rings. The van der Waals surface area contributed by atoms with Gasteiger partial charge >= 0.3 is 12.2 Å². The van der Waals surface area contributed by atoms with Crippen LogP contribution in [0.3, 0.4) is 0 Å². The molecule has 0 spiro atoms. The molecule has 8 rings (SSSR count). The van der Waals surface area contributed by atoms with E-state index in [-0.39, 0.29) is 5.28 Å². The first-order valence-corrected chi connectivity index (χ1v) is 21.5. The number of nitrogens with zero attached hydrogens (tertiary/aromatic N) is 11. The lowest BCUT2D eigenvalue weighted by molar-refractivity contribution is 0.0511. The Bertz CT molecular complexity index is 2700. The van der Waals surface area contributed by atoms with Crippen molar-refractivity contribution >= 4 is 74.3 Å². The number of rotatable bonds is 8. The predicted molar refractivity (Wildman–Crippen MR) is 257 cm³/mol. The number of aromatic nitrogens is 10. The molecule has 2 aromatic carbocycles. The van der Waals surface area contributed by atoms with Gasteiger partial charge in [0.15, 0.2) is 0 Å². The summed E-state index contributed by atoms with van der Waals surface area (Å²) in [7, 11) is 3.98. The molecular weight excluding hydrogens is 882 g/mol. The average molecular weight is 941 g/mol. The maximum absolute atomic E-state index is 12.3. The van der Waals surface area contributed by atoms with E-state index in [1.54, 1.807) is 49.1 Å². The fraction of sp³-hybridized carbons (Fsp3) is 0.378. The summed E-state index contributed by atoms with van der Waals surface area (Å²) in [5, 5.41) is 23.5. The van der Waals surface area contributed by atoms with Gasteiger partial charge in [-0.1, -0.05) is 0 Å². The van der Waals surface area contributed by atoms with Gasteiger partial charge in [-0.05, 0) is 129 Å². The third-order valence-electron chi connectivity index (χ3n) is 8.61. The number of carbonyl (C=O) groups excluding carboxylic acids is 2. The maximum atomic E-state index is 12.3. The molecule has 0 radical (unpaired) electrons. The number of carbonyl (C=O) groups is 2. The zero-order valence-electron chi connectivity index (χ0n) is 39.1. The number of nitrogen functional groups attached to an aromatic ring is 1. The Hall–Kier alpha value is -7.07. The van der Waals surface area contributed by atoms with Crippen LogP contribution in [0.15, 0.2) is 85.6 Å². The zero-order valence-corrected chi connectivity index (χ0v) is 39.9. The Labute approximate surface area is 393 Å². The van der Waals surface area contributed by atoms with Gasteiger partial charge in [-0.25, -0.2) is 24.5 Å². The Kier molecular flexibility index (Phi) is 17.8. The van der Waals surface area contributed by atoms with Gasteiger partial charge in [0.1, 0.15) is 35.3 Å². The van der Waals surface area contributed by atoms with Crippen LogP contribution in [0, 0.1) is 6.92 Å². The molecule has 356 valence electrons. The average Bonchev–Trinajstić information content (AvgIpc) is 4.00. The molecule has 6 N–H and O–H groups in total. The van der Waals surface area contributed by atoms with Gasteiger partial charge in [-0.2, -0.15) is 34.7 Å². The van der Waals surface area contributed by atoms with Crippen molar-refractivity contribution in [1.29, 1.82) is 0 Å². The summed E-state index contributed by atoms with van der Waals surface area (Å²) in [5.74, 6) is 2.33. The molecule has 1 atom stereocenters. The number of halogens is 1. The topological polar surface area (TPSA) is 263 Å². The van der Waals surface area contributed by atoms with Gasteiger partial charge in [0, 0.05) is 53.6 Å². The lowest BCUT2D eigenvalue weighted by Gasteiger charge is -2.19. The van der Waals surface area contributed by atoms with E-state index in [0.29, 0.717) is 52.7 Å². The van der Waals surface area contributed by atoms with Gasteiger partial charge in [-0.3, -0.25) is 0 Å². The number of anilines is 5. The lowest BCUT2D eigenvalue weighted by Crippen LogP contribution is -2.27. The Morgan fingerprint density at radius 1 is 0.806 bits per heavy atom. The molecular formula is C45H58ClN15O6. The van der Waals surface area contributed by atoms with Crippen LogP contribution in [-0.2, 0) is 14.2 Å². The minimum atomic E-state index is -0.589. The van der Waals surface area contributed by atoms with Crippen LogP contribution < -0.4 is 26.8 Å². The second kappa shape index (κ2) is 23.4. The van der Waals surface area contributed by atoms with Crippen molar-refractivity contribution in [3.63, 3.8) is 0 Å². The van der Waals surface area contributed by atoms with E-state index in [9.17, 15) is 9.59 Å². The van der Waals surface area contributed by atoms with E-state index in [4.69, 9.17) is 42.0 Å². The largest absolute Gasteiger partial charge is 0.476 e. The highest BCUT2D eigenvalue weighted by Gasteiger charge is 2.21. The van der Waals surface area contributed by atoms with E-state index in [0.717, 1.165) is 48.3 Å². The second-order valence-electron chi connectivity index (χ2n) is 17.2. The number of hydrogen-bond donors (Lipinski definition) is 4. The Morgan fingerprint density at radius 2 is 1.40 bits per heavy atom. The van der Waals surface area contributed by atoms with Crippen molar-refractivity contribution in [3.8, 4) is 5.88 Å². The molecule has 6 heterocycles. The molecule has 7 aromatic rings. The smallest absolute Gasteiger partial charge is 0.435 e. The van der Waals surface area contributed by atoms with Crippen LogP contribution in [0.2, 0.25) is 5.28 Å². The summed E-state index contributed by atoms with van der Waals surface area (Å²) in [6, 6.07) is 16.5. The van der Waals surface area contributed by atoms with Gasteiger partial charge in [-0.15, -0.1) is 0 Å². The van der Waals surface area contributed by atoms with Crippen molar-refractivity contribution in [2.45, 2.75) is 72.1 Å². The van der Waals surface area contributed by atoms with Gasteiger partial charge in [0.2, 0.25) is 11.2 Å². The normalized spacial score (nSPS) is 13.3. The molecule has 0 amide bonds. The summed E-state index contributed by atoms with van der Waals surface area (Å²) in [6.07, 6.45) is 7.87. The minimum Gasteiger partial charge on any atom is -0.476 e. The standard InChI is InChI=1S/C21H28N6O3.C16H16ClN5O2.C4H5N3.C4H9NO/c1-14-23-18(12-19(24-14)29-10-9-26(5)6)25-16-7-8-17-15(11-16)13-22-27(17)20(28)30-21(2,3)4;1-16(2,3)24-15(23)22-12-5-4-11(8-10(12)9-19-22)20-13-6-7-18-14(17)21-13;5-4-1-2-6-7-3-4;5-4-1-2-6-3-4/h7-8,11-13H,9-10H2,1-6H3,(H,23,24,25);4-9H,1-3H3,(H,18,20,21);1-3H,(H2,5,6);4H,1-3,5H2. The first kappa shape index (κ1) is 50.9. The van der Waals surface area contributed by atoms with Crippen molar-refractivity contribution in [2.75, 3.05) is 56.8 Å². The van der Waals surface area contributed by atoms with Crippen molar-refractivity contribution in [2.24, 2.45) is 5.73 Å². The zero-order chi connectivity index (χ0) is 48.7. The molecule has 1 unspecified atom stereocenters. The summed E-state index contributed by atoms with van der Waals surface area (Å²) < 4.78 is 23.9. The van der Waals surface area contributed by atoms with Crippen molar-refractivity contribution in [1.82, 2.24) is 54.6 Å². The van der Waals surface area contributed by atoms with Crippen LogP contribution in [0.25, 0.3) is 21.8 Å². The summed E-state index contributed by atoms with van der Waals surface area (Å²) >= 11 is 5.77. The van der Waals surface area contributed by atoms with E-state index < -0.39 is 23.4 Å². The molecule has 5 aromatic heterocycles. The van der Waals surface area contributed by atoms with Gasteiger partial charge < -0.3 is 45.9 Å². The van der Waals surface area contributed by atoms with Crippen LogP contribution in [-0.4, -0.2) is 124 Å². The maximum Gasteiger partial charge on any atom is 0.435 e. The van der Waals surface area contributed by atoms with Crippen LogP contribution in [0.4, 0.5) is 38.3 Å². The van der Waals surface area contributed by atoms with Crippen LogP contribution in [0.5, 0.6) is 5.88 Å². The molecule has 21 nitrogen and oxygen atoms in total. The number of ether oxygens (including phenoxy) is 4. The number of likely N-dealkylation sites (N-methyl/N-ethyl adjacent to an activating group) is 1. The van der Waals surface area contributed by atoms with E-state index in [1.807, 2.05) is 97.8 Å². The minimum absolute atomic E-state index is 0.166. The van der Waals surface area contributed by atoms with E-state index in [2.05, 4.69) is 51.0 Å². The third kappa shape index (κ3) is 17.0.